The van der Waals surface area contributed by atoms with Crippen molar-refractivity contribution in [3.8, 4) is 44.5 Å². The van der Waals surface area contributed by atoms with Gasteiger partial charge in [-0.3, -0.25) is 0 Å². The van der Waals surface area contributed by atoms with E-state index < -0.39 is 5.41 Å². The molecule has 8 aromatic rings. The van der Waals surface area contributed by atoms with E-state index in [1.165, 1.54) is 94.7 Å². The lowest BCUT2D eigenvalue weighted by atomic mass is 9.67. The topological polar surface area (TPSA) is 3.24 Å². The Balaban J connectivity index is 1.36. The molecule has 1 heteroatoms. The largest absolute Gasteiger partial charge is 0.310 e. The van der Waals surface area contributed by atoms with Crippen LogP contribution in [-0.4, -0.2) is 0 Å². The van der Waals surface area contributed by atoms with Crippen molar-refractivity contribution >= 4 is 17.1 Å². The molecule has 0 aromatic heterocycles. The van der Waals surface area contributed by atoms with Crippen molar-refractivity contribution in [3.63, 3.8) is 0 Å². The van der Waals surface area contributed by atoms with E-state index in [0.29, 0.717) is 0 Å². The number of hydrogen-bond donors (Lipinski definition) is 0. The third-order valence-corrected chi connectivity index (χ3v) is 14.5. The molecule has 0 saturated carbocycles. The fourth-order valence-electron chi connectivity index (χ4n) is 10.7. The van der Waals surface area contributed by atoms with Crippen LogP contribution in [0.2, 0.25) is 0 Å². The zero-order valence-electron chi connectivity index (χ0n) is 41.2. The zero-order valence-corrected chi connectivity index (χ0v) is 41.2. The monoisotopic (exact) mass is 860 g/mol. The van der Waals surface area contributed by atoms with Gasteiger partial charge in [-0.05, 0) is 135 Å². The molecule has 0 bridgehead atoms. The second kappa shape index (κ2) is 15.3. The Morgan fingerprint density at radius 3 is 1.20 bits per heavy atom. The molecule has 0 saturated heterocycles. The summed E-state index contributed by atoms with van der Waals surface area (Å²) in [5.74, 6) is 0. The van der Waals surface area contributed by atoms with Crippen LogP contribution in [-0.2, 0) is 27.1 Å². The Hall–Kier alpha value is -6.44. The highest BCUT2D eigenvalue weighted by Crippen LogP contribution is 2.66. The molecule has 10 rings (SSSR count). The summed E-state index contributed by atoms with van der Waals surface area (Å²) in [4.78, 5) is 2.56. The van der Waals surface area contributed by atoms with Crippen molar-refractivity contribution in [1.82, 2.24) is 0 Å². The summed E-state index contributed by atoms with van der Waals surface area (Å²) in [6.07, 6.45) is 0. The SMILES string of the molecule is CC(C)(C)c1ccc2c(c1)C1(c3cc(C(C)(C)C)ccc3-2)c2cc(C(C)(C)C)ccc2-c2c(N(c3ccc(-c4ccccc4)cc3)c3cccc(-c4ccccc4)c3)cc(C(C)(C)C)cc21. The maximum absolute atomic E-state index is 2.61. The van der Waals surface area contributed by atoms with E-state index in [4.69, 9.17) is 0 Å². The highest BCUT2D eigenvalue weighted by Gasteiger charge is 2.54. The molecule has 330 valence electrons. The molecular formula is C65H65N. The van der Waals surface area contributed by atoms with E-state index in [1.807, 2.05) is 0 Å². The molecule has 0 unspecified atom stereocenters. The summed E-state index contributed by atoms with van der Waals surface area (Å²) in [6.45, 7) is 28.4. The molecule has 1 nitrogen and oxygen atoms in total. The van der Waals surface area contributed by atoms with Gasteiger partial charge < -0.3 is 4.90 Å². The molecule has 1 spiro atoms. The summed E-state index contributed by atoms with van der Waals surface area (Å²) in [6, 6.07) is 67.4. The summed E-state index contributed by atoms with van der Waals surface area (Å²) in [5.41, 5.74) is 23.6. The van der Waals surface area contributed by atoms with E-state index in [2.05, 4.69) is 264 Å². The molecule has 8 aromatic carbocycles. The molecular weight excluding hydrogens is 795 g/mol. The minimum atomic E-state index is -0.566. The Morgan fingerprint density at radius 1 is 0.303 bits per heavy atom. The van der Waals surface area contributed by atoms with E-state index in [9.17, 15) is 0 Å². The number of hydrogen-bond acceptors (Lipinski definition) is 1. The fourth-order valence-corrected chi connectivity index (χ4v) is 10.7. The van der Waals surface area contributed by atoms with Crippen molar-refractivity contribution in [2.45, 2.75) is 110 Å². The van der Waals surface area contributed by atoms with Gasteiger partial charge in [0, 0.05) is 16.9 Å². The summed E-state index contributed by atoms with van der Waals surface area (Å²) >= 11 is 0. The van der Waals surface area contributed by atoms with Gasteiger partial charge in [-0.2, -0.15) is 0 Å². The molecule has 2 aliphatic carbocycles. The maximum Gasteiger partial charge on any atom is 0.0726 e. The Labute approximate surface area is 395 Å². The lowest BCUT2D eigenvalue weighted by molar-refractivity contribution is 0.583. The Bertz CT molecular complexity index is 3070. The highest BCUT2D eigenvalue weighted by molar-refractivity contribution is 6.02. The van der Waals surface area contributed by atoms with Crippen molar-refractivity contribution in [3.05, 3.63) is 220 Å². The van der Waals surface area contributed by atoms with Crippen LogP contribution in [0.1, 0.15) is 128 Å². The van der Waals surface area contributed by atoms with Gasteiger partial charge in [0.2, 0.25) is 0 Å². The second-order valence-electron chi connectivity index (χ2n) is 23.1. The number of nitrogens with zero attached hydrogens (tertiary/aromatic N) is 1. The number of fused-ring (bicyclic) bond motifs is 10. The summed E-state index contributed by atoms with van der Waals surface area (Å²) < 4.78 is 0. The first-order chi connectivity index (χ1) is 31.2. The standard InChI is InChI=1S/C65H65N/c1-61(2,3)46-28-33-52-53-34-29-47(62(4,5)6)38-56(53)65(55(52)37-46)57-39-48(63(7,8)9)30-35-54(57)60-58(65)40-49(64(10,11)12)41-59(60)66(50-31-26-44(27-32-50)42-20-15-13-16-21-42)51-25-19-24-45(36-51)43-22-17-14-18-23-43/h13-41H,1-12H3. The first kappa shape index (κ1) is 43.5. The number of anilines is 3. The van der Waals surface area contributed by atoms with Gasteiger partial charge in [0.1, 0.15) is 0 Å². The highest BCUT2D eigenvalue weighted by atomic mass is 15.1. The first-order valence-electron chi connectivity index (χ1n) is 24.0. The van der Waals surface area contributed by atoms with Crippen LogP contribution in [0.4, 0.5) is 17.1 Å². The maximum atomic E-state index is 2.61. The van der Waals surface area contributed by atoms with E-state index >= 15 is 0 Å². The van der Waals surface area contributed by atoms with E-state index in [-0.39, 0.29) is 21.7 Å². The predicted octanol–water partition coefficient (Wildman–Crippen LogP) is 18.0. The number of rotatable bonds is 5. The lowest BCUT2D eigenvalue weighted by Gasteiger charge is -2.35. The third kappa shape index (κ3) is 7.14. The fraction of sp³-hybridized carbons (Fsp3) is 0.262. The second-order valence-corrected chi connectivity index (χ2v) is 23.1. The minimum Gasteiger partial charge on any atom is -0.310 e. The van der Waals surface area contributed by atoms with Gasteiger partial charge in [-0.25, -0.2) is 0 Å². The average Bonchev–Trinajstić information content (AvgIpc) is 3.75. The van der Waals surface area contributed by atoms with Crippen molar-refractivity contribution in [1.29, 1.82) is 0 Å². The molecule has 0 N–H and O–H groups in total. The van der Waals surface area contributed by atoms with Crippen LogP contribution in [0.15, 0.2) is 176 Å². The van der Waals surface area contributed by atoms with Crippen molar-refractivity contribution < 1.29 is 0 Å². The molecule has 0 atom stereocenters. The molecule has 0 radical (unpaired) electrons. The van der Waals surface area contributed by atoms with Gasteiger partial charge in [0.25, 0.3) is 0 Å². The predicted molar refractivity (Wildman–Crippen MR) is 283 cm³/mol. The summed E-state index contributed by atoms with van der Waals surface area (Å²) in [5, 5.41) is 0. The number of benzene rings is 8. The van der Waals surface area contributed by atoms with Gasteiger partial charge in [-0.15, -0.1) is 0 Å². The van der Waals surface area contributed by atoms with Crippen LogP contribution >= 0.6 is 0 Å². The van der Waals surface area contributed by atoms with Crippen LogP contribution in [0.25, 0.3) is 44.5 Å². The zero-order chi connectivity index (χ0) is 46.6. The molecule has 0 amide bonds. The van der Waals surface area contributed by atoms with Gasteiger partial charge in [0.15, 0.2) is 0 Å². The quantitative estimate of drug-likeness (QED) is 0.167. The average molecular weight is 860 g/mol. The van der Waals surface area contributed by atoms with E-state index in [0.717, 1.165) is 11.4 Å². The first-order valence-corrected chi connectivity index (χ1v) is 24.0. The lowest BCUT2D eigenvalue weighted by Crippen LogP contribution is -2.29. The Morgan fingerprint density at radius 2 is 0.712 bits per heavy atom. The van der Waals surface area contributed by atoms with Crippen molar-refractivity contribution in [2.24, 2.45) is 0 Å². The third-order valence-electron chi connectivity index (χ3n) is 14.5. The Kier molecular flexibility index (Phi) is 10.1. The van der Waals surface area contributed by atoms with Crippen LogP contribution in [0.5, 0.6) is 0 Å². The van der Waals surface area contributed by atoms with E-state index in [1.54, 1.807) is 0 Å². The van der Waals surface area contributed by atoms with Crippen LogP contribution in [0.3, 0.4) is 0 Å². The van der Waals surface area contributed by atoms with Crippen LogP contribution in [0, 0.1) is 0 Å². The van der Waals surface area contributed by atoms with Gasteiger partial charge in [-0.1, -0.05) is 229 Å². The molecule has 2 aliphatic rings. The molecule has 0 heterocycles. The van der Waals surface area contributed by atoms with Gasteiger partial charge in [0.05, 0.1) is 11.1 Å². The smallest absolute Gasteiger partial charge is 0.0726 e. The molecule has 0 aliphatic heterocycles. The summed E-state index contributed by atoms with van der Waals surface area (Å²) in [7, 11) is 0. The van der Waals surface area contributed by atoms with Gasteiger partial charge >= 0.3 is 0 Å². The molecule has 66 heavy (non-hydrogen) atoms. The van der Waals surface area contributed by atoms with Crippen molar-refractivity contribution in [2.75, 3.05) is 4.90 Å². The normalized spacial score (nSPS) is 13.9. The minimum absolute atomic E-state index is 0.0377. The molecule has 0 fully saturated rings. The van der Waals surface area contributed by atoms with Crippen LogP contribution < -0.4 is 4.90 Å².